The van der Waals surface area contributed by atoms with Crippen LogP contribution in [-0.4, -0.2) is 41.2 Å². The molecule has 1 amide bonds. The maximum absolute atomic E-state index is 11.9. The number of hydrogen-bond donors (Lipinski definition) is 1. The third kappa shape index (κ3) is 2.99. The standard InChI is InChI=1S/C15H18BrNO3/c16-12-3-5-13(6-4-12)20-8-7-14(18)17-9-15(19,10-17)11-1-2-11/h3-6,11,19H,1-2,7-10H2. The zero-order valence-electron chi connectivity index (χ0n) is 11.2. The van der Waals surface area contributed by atoms with E-state index < -0.39 is 5.60 Å². The second kappa shape index (κ2) is 5.37. The van der Waals surface area contributed by atoms with Crippen LogP contribution >= 0.6 is 15.9 Å². The summed E-state index contributed by atoms with van der Waals surface area (Å²) in [5, 5.41) is 10.2. The number of ether oxygens (including phenoxy) is 1. The molecule has 1 heterocycles. The summed E-state index contributed by atoms with van der Waals surface area (Å²) in [5.41, 5.74) is -0.595. The second-order valence-corrected chi connectivity index (χ2v) is 6.60. The SMILES string of the molecule is O=C(CCOc1ccc(Br)cc1)N1CC(O)(C2CC2)C1. The molecule has 0 bridgehead atoms. The predicted octanol–water partition coefficient (Wildman–Crippen LogP) is 2.20. The van der Waals surface area contributed by atoms with Crippen LogP contribution in [0.5, 0.6) is 5.75 Å². The Balaban J connectivity index is 1.39. The molecule has 1 saturated carbocycles. The van der Waals surface area contributed by atoms with Crippen molar-refractivity contribution in [2.45, 2.75) is 24.9 Å². The third-order valence-electron chi connectivity index (χ3n) is 4.02. The number of carbonyl (C=O) groups excluding carboxylic acids is 1. The van der Waals surface area contributed by atoms with Crippen LogP contribution in [0.3, 0.4) is 0 Å². The summed E-state index contributed by atoms with van der Waals surface area (Å²) in [4.78, 5) is 13.7. The van der Waals surface area contributed by atoms with Crippen molar-refractivity contribution in [2.24, 2.45) is 5.92 Å². The molecule has 1 N–H and O–H groups in total. The van der Waals surface area contributed by atoms with Crippen molar-refractivity contribution in [3.63, 3.8) is 0 Å². The lowest BCUT2D eigenvalue weighted by atomic mass is 9.88. The molecule has 1 aromatic rings. The molecule has 1 aliphatic carbocycles. The number of β-amino-alcohol motifs (C(OH)–C–C–N with tert-alkyl or cyclic N) is 1. The Hall–Kier alpha value is -1.07. The van der Waals surface area contributed by atoms with Gasteiger partial charge in [-0.05, 0) is 43.0 Å². The van der Waals surface area contributed by atoms with Crippen LogP contribution in [0.4, 0.5) is 0 Å². The number of amides is 1. The number of likely N-dealkylation sites (tertiary alicyclic amines) is 1. The first-order chi connectivity index (χ1) is 9.57. The summed E-state index contributed by atoms with van der Waals surface area (Å²) >= 11 is 3.36. The Morgan fingerprint density at radius 3 is 2.60 bits per heavy atom. The van der Waals surface area contributed by atoms with Crippen molar-refractivity contribution >= 4 is 21.8 Å². The van der Waals surface area contributed by atoms with Crippen molar-refractivity contribution in [2.75, 3.05) is 19.7 Å². The van der Waals surface area contributed by atoms with E-state index in [1.165, 1.54) is 0 Å². The summed E-state index contributed by atoms with van der Waals surface area (Å²) in [5.74, 6) is 1.25. The topological polar surface area (TPSA) is 49.8 Å². The molecule has 3 rings (SSSR count). The number of aliphatic hydroxyl groups is 1. The molecule has 20 heavy (non-hydrogen) atoms. The molecule has 1 aliphatic heterocycles. The fraction of sp³-hybridized carbons (Fsp3) is 0.533. The Morgan fingerprint density at radius 2 is 2.00 bits per heavy atom. The average Bonchev–Trinajstić information content (AvgIpc) is 3.22. The van der Waals surface area contributed by atoms with Crippen LogP contribution < -0.4 is 4.74 Å². The van der Waals surface area contributed by atoms with Gasteiger partial charge in [0.05, 0.1) is 26.1 Å². The van der Waals surface area contributed by atoms with Gasteiger partial charge in [0.1, 0.15) is 11.4 Å². The van der Waals surface area contributed by atoms with E-state index in [0.717, 1.165) is 23.1 Å². The monoisotopic (exact) mass is 339 g/mol. The molecule has 0 unspecified atom stereocenters. The minimum atomic E-state index is -0.595. The van der Waals surface area contributed by atoms with Crippen LogP contribution in [0.15, 0.2) is 28.7 Å². The number of nitrogens with zero attached hydrogens (tertiary/aromatic N) is 1. The van der Waals surface area contributed by atoms with E-state index in [9.17, 15) is 9.90 Å². The molecule has 0 atom stereocenters. The largest absolute Gasteiger partial charge is 0.493 e. The molecular formula is C15H18BrNO3. The van der Waals surface area contributed by atoms with Crippen molar-refractivity contribution in [3.05, 3.63) is 28.7 Å². The first kappa shape index (κ1) is 13.9. The lowest BCUT2D eigenvalue weighted by Gasteiger charge is -2.47. The first-order valence-corrected chi connectivity index (χ1v) is 7.75. The highest BCUT2D eigenvalue weighted by Gasteiger charge is 2.52. The van der Waals surface area contributed by atoms with Gasteiger partial charge in [-0.2, -0.15) is 0 Å². The van der Waals surface area contributed by atoms with Gasteiger partial charge in [-0.3, -0.25) is 4.79 Å². The van der Waals surface area contributed by atoms with Gasteiger partial charge in [0.2, 0.25) is 5.91 Å². The van der Waals surface area contributed by atoms with Gasteiger partial charge in [-0.25, -0.2) is 0 Å². The average molecular weight is 340 g/mol. The molecule has 108 valence electrons. The maximum Gasteiger partial charge on any atom is 0.226 e. The van der Waals surface area contributed by atoms with E-state index in [2.05, 4.69) is 15.9 Å². The van der Waals surface area contributed by atoms with E-state index in [0.29, 0.717) is 32.0 Å². The van der Waals surface area contributed by atoms with E-state index >= 15 is 0 Å². The number of hydrogen-bond acceptors (Lipinski definition) is 3. The molecule has 2 aliphatic rings. The quantitative estimate of drug-likeness (QED) is 0.894. The molecule has 0 aromatic heterocycles. The molecular weight excluding hydrogens is 322 g/mol. The Labute approximate surface area is 126 Å². The van der Waals surface area contributed by atoms with E-state index in [1.54, 1.807) is 4.90 Å². The van der Waals surface area contributed by atoms with Gasteiger partial charge in [-0.1, -0.05) is 15.9 Å². The lowest BCUT2D eigenvalue weighted by molar-refractivity contribution is -0.159. The van der Waals surface area contributed by atoms with Crippen LogP contribution in [0, 0.1) is 5.92 Å². The van der Waals surface area contributed by atoms with Gasteiger partial charge in [0.25, 0.3) is 0 Å². The summed E-state index contributed by atoms with van der Waals surface area (Å²) in [6.45, 7) is 1.36. The number of rotatable bonds is 5. The zero-order valence-corrected chi connectivity index (χ0v) is 12.8. The minimum Gasteiger partial charge on any atom is -0.493 e. The summed E-state index contributed by atoms with van der Waals surface area (Å²) in [6, 6.07) is 7.54. The number of benzene rings is 1. The maximum atomic E-state index is 11.9. The van der Waals surface area contributed by atoms with Crippen LogP contribution in [-0.2, 0) is 4.79 Å². The normalized spacial score (nSPS) is 20.4. The van der Waals surface area contributed by atoms with Crippen molar-refractivity contribution in [3.8, 4) is 5.75 Å². The molecule has 1 aromatic carbocycles. The van der Waals surface area contributed by atoms with Crippen molar-refractivity contribution in [1.29, 1.82) is 0 Å². The van der Waals surface area contributed by atoms with Crippen LogP contribution in [0.2, 0.25) is 0 Å². The van der Waals surface area contributed by atoms with Gasteiger partial charge in [0, 0.05) is 4.47 Å². The summed E-state index contributed by atoms with van der Waals surface area (Å²) in [6.07, 6.45) is 2.56. The summed E-state index contributed by atoms with van der Waals surface area (Å²) < 4.78 is 6.53. The fourth-order valence-electron chi connectivity index (χ4n) is 2.62. The van der Waals surface area contributed by atoms with Crippen molar-refractivity contribution in [1.82, 2.24) is 4.90 Å². The Morgan fingerprint density at radius 1 is 1.35 bits per heavy atom. The minimum absolute atomic E-state index is 0.0624. The fourth-order valence-corrected chi connectivity index (χ4v) is 2.88. The second-order valence-electron chi connectivity index (χ2n) is 5.68. The van der Waals surface area contributed by atoms with Gasteiger partial charge in [0.15, 0.2) is 0 Å². The molecule has 0 spiro atoms. The third-order valence-corrected chi connectivity index (χ3v) is 4.55. The summed E-state index contributed by atoms with van der Waals surface area (Å²) in [7, 11) is 0. The van der Waals surface area contributed by atoms with Gasteiger partial charge < -0.3 is 14.7 Å². The molecule has 5 heteroatoms. The first-order valence-electron chi connectivity index (χ1n) is 6.95. The molecule has 4 nitrogen and oxygen atoms in total. The van der Waals surface area contributed by atoms with Crippen molar-refractivity contribution < 1.29 is 14.6 Å². The Bertz CT molecular complexity index is 492. The van der Waals surface area contributed by atoms with E-state index in [1.807, 2.05) is 24.3 Å². The zero-order chi connectivity index (χ0) is 14.2. The lowest BCUT2D eigenvalue weighted by Crippen LogP contribution is -2.64. The highest BCUT2D eigenvalue weighted by Crippen LogP contribution is 2.44. The molecule has 1 saturated heterocycles. The van der Waals surface area contributed by atoms with Gasteiger partial charge in [-0.15, -0.1) is 0 Å². The van der Waals surface area contributed by atoms with Crippen LogP contribution in [0.25, 0.3) is 0 Å². The van der Waals surface area contributed by atoms with E-state index in [4.69, 9.17) is 4.74 Å². The number of carbonyl (C=O) groups is 1. The smallest absolute Gasteiger partial charge is 0.226 e. The highest BCUT2D eigenvalue weighted by atomic mass is 79.9. The predicted molar refractivity (Wildman–Crippen MR) is 78.5 cm³/mol. The van der Waals surface area contributed by atoms with E-state index in [-0.39, 0.29) is 5.91 Å². The Kier molecular flexibility index (Phi) is 3.73. The molecule has 0 radical (unpaired) electrons. The van der Waals surface area contributed by atoms with Crippen LogP contribution in [0.1, 0.15) is 19.3 Å². The highest BCUT2D eigenvalue weighted by molar-refractivity contribution is 9.10. The van der Waals surface area contributed by atoms with Gasteiger partial charge >= 0.3 is 0 Å². The molecule has 2 fully saturated rings. The number of halogens is 1.